The monoisotopic (exact) mass is 272 g/mol. The number of phenols is 1. The highest BCUT2D eigenvalue weighted by atomic mass is 16.5. The van der Waals surface area contributed by atoms with Crippen LogP contribution in [0, 0.1) is 0 Å². The van der Waals surface area contributed by atoms with Crippen molar-refractivity contribution in [3.05, 3.63) is 59.7 Å². The maximum absolute atomic E-state index is 11.2. The summed E-state index contributed by atoms with van der Waals surface area (Å²) in [6, 6.07) is 13.7. The molecule has 2 aromatic rings. The number of hydrogen-bond acceptors (Lipinski definition) is 3. The van der Waals surface area contributed by atoms with Gasteiger partial charge >= 0.3 is 5.97 Å². The van der Waals surface area contributed by atoms with Crippen molar-refractivity contribution in [2.45, 2.75) is 19.4 Å². The van der Waals surface area contributed by atoms with Gasteiger partial charge < -0.3 is 14.9 Å². The van der Waals surface area contributed by atoms with E-state index in [-0.39, 0.29) is 17.1 Å². The normalized spacial score (nSPS) is 11.1. The molecule has 0 amide bonds. The molecule has 0 aliphatic heterocycles. The second-order valence-electron chi connectivity index (χ2n) is 4.94. The number of carboxylic acid groups (broad SMARTS) is 1. The topological polar surface area (TPSA) is 66.8 Å². The van der Waals surface area contributed by atoms with Gasteiger partial charge in [-0.25, -0.2) is 4.79 Å². The fourth-order valence-electron chi connectivity index (χ4n) is 1.95. The SMILES string of the molecule is CC(C)(Oc1c(O)cccc1C(=O)O)c1ccccc1. The average Bonchev–Trinajstić information content (AvgIpc) is 2.41. The summed E-state index contributed by atoms with van der Waals surface area (Å²) in [6.07, 6.45) is 0. The molecule has 0 aliphatic rings. The predicted molar refractivity (Wildman–Crippen MR) is 75.2 cm³/mol. The van der Waals surface area contributed by atoms with Crippen LogP contribution in [-0.2, 0) is 5.60 Å². The zero-order valence-electron chi connectivity index (χ0n) is 11.3. The minimum atomic E-state index is -1.14. The summed E-state index contributed by atoms with van der Waals surface area (Å²) in [7, 11) is 0. The van der Waals surface area contributed by atoms with Crippen molar-refractivity contribution >= 4 is 5.97 Å². The first kappa shape index (κ1) is 13.9. The van der Waals surface area contributed by atoms with Crippen LogP contribution in [0.1, 0.15) is 29.8 Å². The Labute approximate surface area is 117 Å². The minimum Gasteiger partial charge on any atom is -0.504 e. The second-order valence-corrected chi connectivity index (χ2v) is 4.94. The molecule has 0 heterocycles. The van der Waals surface area contributed by atoms with Gasteiger partial charge in [-0.3, -0.25) is 0 Å². The highest BCUT2D eigenvalue weighted by molar-refractivity contribution is 5.92. The minimum absolute atomic E-state index is 0.0196. The van der Waals surface area contributed by atoms with Crippen LogP contribution in [0.2, 0.25) is 0 Å². The summed E-state index contributed by atoms with van der Waals surface area (Å²) < 4.78 is 5.78. The van der Waals surface area contributed by atoms with Crippen molar-refractivity contribution < 1.29 is 19.7 Å². The van der Waals surface area contributed by atoms with Crippen LogP contribution in [0.5, 0.6) is 11.5 Å². The van der Waals surface area contributed by atoms with E-state index < -0.39 is 11.6 Å². The van der Waals surface area contributed by atoms with Crippen molar-refractivity contribution in [3.8, 4) is 11.5 Å². The van der Waals surface area contributed by atoms with E-state index in [9.17, 15) is 9.90 Å². The molecule has 0 radical (unpaired) electrons. The third-order valence-corrected chi connectivity index (χ3v) is 3.05. The van der Waals surface area contributed by atoms with Crippen LogP contribution in [-0.4, -0.2) is 16.2 Å². The van der Waals surface area contributed by atoms with Crippen LogP contribution in [0.3, 0.4) is 0 Å². The number of para-hydroxylation sites is 1. The average molecular weight is 272 g/mol. The summed E-state index contributed by atoms with van der Waals surface area (Å²) in [5.74, 6) is -1.34. The molecule has 2 N–H and O–H groups in total. The van der Waals surface area contributed by atoms with Gasteiger partial charge in [-0.2, -0.15) is 0 Å². The van der Waals surface area contributed by atoms with Crippen LogP contribution >= 0.6 is 0 Å². The van der Waals surface area contributed by atoms with E-state index >= 15 is 0 Å². The highest BCUT2D eigenvalue weighted by Gasteiger charge is 2.26. The molecular weight excluding hydrogens is 256 g/mol. The van der Waals surface area contributed by atoms with Gasteiger partial charge in [0.15, 0.2) is 11.5 Å². The van der Waals surface area contributed by atoms with Crippen molar-refractivity contribution in [1.82, 2.24) is 0 Å². The first-order valence-electron chi connectivity index (χ1n) is 6.21. The molecule has 0 aromatic heterocycles. The van der Waals surface area contributed by atoms with Crippen LogP contribution < -0.4 is 4.74 Å². The third kappa shape index (κ3) is 2.74. The summed E-state index contributed by atoms with van der Waals surface area (Å²) in [5, 5.41) is 19.0. The Hall–Kier alpha value is -2.49. The lowest BCUT2D eigenvalue weighted by Crippen LogP contribution is -2.26. The Morgan fingerprint density at radius 3 is 2.30 bits per heavy atom. The van der Waals surface area contributed by atoms with Crippen molar-refractivity contribution in [1.29, 1.82) is 0 Å². The molecule has 0 unspecified atom stereocenters. The lowest BCUT2D eigenvalue weighted by atomic mass is 9.98. The molecule has 2 aromatic carbocycles. The van der Waals surface area contributed by atoms with Crippen molar-refractivity contribution in [2.24, 2.45) is 0 Å². The summed E-state index contributed by atoms with van der Waals surface area (Å²) in [6.45, 7) is 3.64. The van der Waals surface area contributed by atoms with E-state index in [2.05, 4.69) is 0 Å². The molecule has 0 aliphatic carbocycles. The van der Waals surface area contributed by atoms with Crippen molar-refractivity contribution in [3.63, 3.8) is 0 Å². The summed E-state index contributed by atoms with van der Waals surface area (Å²) in [4.78, 5) is 11.2. The maximum atomic E-state index is 11.2. The number of aromatic hydroxyl groups is 1. The molecule has 0 bridgehead atoms. The first-order valence-corrected chi connectivity index (χ1v) is 6.21. The molecule has 20 heavy (non-hydrogen) atoms. The second kappa shape index (κ2) is 5.25. The number of ether oxygens (including phenoxy) is 1. The Balaban J connectivity index is 2.42. The lowest BCUT2D eigenvalue weighted by Gasteiger charge is -2.28. The van der Waals surface area contributed by atoms with E-state index in [0.29, 0.717) is 0 Å². The first-order chi connectivity index (χ1) is 9.42. The predicted octanol–water partition coefficient (Wildman–Crippen LogP) is 3.40. The van der Waals surface area contributed by atoms with Gasteiger partial charge in [0.25, 0.3) is 0 Å². The third-order valence-electron chi connectivity index (χ3n) is 3.05. The van der Waals surface area contributed by atoms with Crippen molar-refractivity contribution in [2.75, 3.05) is 0 Å². The number of carbonyl (C=O) groups is 1. The Bertz CT molecular complexity index is 618. The summed E-state index contributed by atoms with van der Waals surface area (Å²) in [5.41, 5.74) is 0.0678. The Morgan fingerprint density at radius 1 is 1.05 bits per heavy atom. The number of phenolic OH excluding ortho intramolecular Hbond substituents is 1. The molecule has 104 valence electrons. The Morgan fingerprint density at radius 2 is 1.70 bits per heavy atom. The number of benzene rings is 2. The van der Waals surface area contributed by atoms with Crippen LogP contribution in [0.4, 0.5) is 0 Å². The standard InChI is InChI=1S/C16H16O4/c1-16(2,11-7-4-3-5-8-11)20-14-12(15(18)19)9-6-10-13(14)17/h3-10,17H,1-2H3,(H,18,19). The molecular formula is C16H16O4. The zero-order chi connectivity index (χ0) is 14.8. The fraction of sp³-hybridized carbons (Fsp3) is 0.188. The summed E-state index contributed by atoms with van der Waals surface area (Å²) >= 11 is 0. The van der Waals surface area contributed by atoms with Gasteiger partial charge in [0.1, 0.15) is 11.2 Å². The number of carboxylic acids is 1. The smallest absolute Gasteiger partial charge is 0.339 e. The molecule has 0 fully saturated rings. The highest BCUT2D eigenvalue weighted by Crippen LogP contribution is 2.36. The van der Waals surface area contributed by atoms with Crippen LogP contribution in [0.15, 0.2) is 48.5 Å². The number of aromatic carboxylic acids is 1. The van der Waals surface area contributed by atoms with E-state index in [1.54, 1.807) is 0 Å². The number of hydrogen-bond donors (Lipinski definition) is 2. The molecule has 0 saturated heterocycles. The molecule has 0 saturated carbocycles. The zero-order valence-corrected chi connectivity index (χ0v) is 11.3. The van der Waals surface area contributed by atoms with Crippen LogP contribution in [0.25, 0.3) is 0 Å². The van der Waals surface area contributed by atoms with Gasteiger partial charge in [0, 0.05) is 0 Å². The van der Waals surface area contributed by atoms with Gasteiger partial charge in [-0.1, -0.05) is 36.4 Å². The molecule has 0 atom stereocenters. The van der Waals surface area contributed by atoms with E-state index in [1.165, 1.54) is 18.2 Å². The van der Waals surface area contributed by atoms with E-state index in [0.717, 1.165) is 5.56 Å². The van der Waals surface area contributed by atoms with E-state index in [4.69, 9.17) is 9.84 Å². The number of rotatable bonds is 4. The van der Waals surface area contributed by atoms with Gasteiger partial charge in [0.05, 0.1) is 0 Å². The Kier molecular flexibility index (Phi) is 3.66. The lowest BCUT2D eigenvalue weighted by molar-refractivity contribution is 0.0667. The molecule has 2 rings (SSSR count). The quantitative estimate of drug-likeness (QED) is 0.895. The van der Waals surface area contributed by atoms with Gasteiger partial charge in [-0.15, -0.1) is 0 Å². The van der Waals surface area contributed by atoms with Gasteiger partial charge in [0.2, 0.25) is 0 Å². The molecule has 4 heteroatoms. The largest absolute Gasteiger partial charge is 0.504 e. The molecule has 0 spiro atoms. The van der Waals surface area contributed by atoms with Gasteiger partial charge in [-0.05, 0) is 31.5 Å². The maximum Gasteiger partial charge on any atom is 0.339 e. The molecule has 4 nitrogen and oxygen atoms in total. The van der Waals surface area contributed by atoms with E-state index in [1.807, 2.05) is 44.2 Å². The fourth-order valence-corrected chi connectivity index (χ4v) is 1.95.